The summed E-state index contributed by atoms with van der Waals surface area (Å²) in [5.41, 5.74) is -1.83. The van der Waals surface area contributed by atoms with Crippen LogP contribution in [0.2, 0.25) is 0 Å². The van der Waals surface area contributed by atoms with Crippen LogP contribution in [0.15, 0.2) is 47.4 Å². The van der Waals surface area contributed by atoms with Gasteiger partial charge in [0.1, 0.15) is 0 Å². The molecule has 0 saturated heterocycles. The molecule has 1 fully saturated rings. The van der Waals surface area contributed by atoms with Gasteiger partial charge in [0, 0.05) is 31.3 Å². The van der Waals surface area contributed by atoms with Crippen LogP contribution in [0.1, 0.15) is 54.9 Å². The number of rotatable bonds is 6. The van der Waals surface area contributed by atoms with E-state index in [1.807, 2.05) is 0 Å². The number of hydrogen-bond donors (Lipinski definition) is 2. The second-order valence-electron chi connectivity index (χ2n) is 8.23. The number of anilines is 2. The minimum Gasteiger partial charge on any atom is -0.326 e. The van der Waals surface area contributed by atoms with E-state index in [1.54, 1.807) is 0 Å². The molecule has 3 rings (SSSR count). The summed E-state index contributed by atoms with van der Waals surface area (Å²) in [6, 6.07) is 8.06. The van der Waals surface area contributed by atoms with Gasteiger partial charge < -0.3 is 10.6 Å². The van der Waals surface area contributed by atoms with Gasteiger partial charge in [-0.2, -0.15) is 17.5 Å². The van der Waals surface area contributed by atoms with Crippen LogP contribution in [-0.4, -0.2) is 37.6 Å². The third kappa shape index (κ3) is 5.95. The van der Waals surface area contributed by atoms with Gasteiger partial charge >= 0.3 is 6.18 Å². The van der Waals surface area contributed by atoms with Crippen molar-refractivity contribution in [3.8, 4) is 0 Å². The van der Waals surface area contributed by atoms with Gasteiger partial charge in [-0.25, -0.2) is 8.42 Å². The Kier molecular flexibility index (Phi) is 7.67. The predicted molar refractivity (Wildman–Crippen MR) is 122 cm³/mol. The van der Waals surface area contributed by atoms with Gasteiger partial charge in [-0.3, -0.25) is 9.59 Å². The maximum absolute atomic E-state index is 13.6. The van der Waals surface area contributed by atoms with Gasteiger partial charge in [0.15, 0.2) is 0 Å². The molecule has 2 N–H and O–H groups in total. The Bertz CT molecular complexity index is 1180. The first-order chi connectivity index (χ1) is 15.9. The molecular formula is C23H26F3N3O4S. The summed E-state index contributed by atoms with van der Waals surface area (Å²) in [5, 5.41) is 4.47. The summed E-state index contributed by atoms with van der Waals surface area (Å²) >= 11 is 0. The van der Waals surface area contributed by atoms with E-state index in [0.717, 1.165) is 57.2 Å². The molecule has 2 amide bonds. The molecule has 11 heteroatoms. The number of amides is 2. The fraction of sp³-hybridized carbons (Fsp3) is 0.391. The van der Waals surface area contributed by atoms with Crippen molar-refractivity contribution in [2.75, 3.05) is 17.7 Å². The Morgan fingerprint density at radius 3 is 2.29 bits per heavy atom. The Hall–Kier alpha value is -2.92. The van der Waals surface area contributed by atoms with E-state index in [1.165, 1.54) is 35.6 Å². The molecule has 0 unspecified atom stereocenters. The number of nitrogens with zero attached hydrogens (tertiary/aromatic N) is 1. The second-order valence-corrected chi connectivity index (χ2v) is 10.2. The smallest absolute Gasteiger partial charge is 0.326 e. The van der Waals surface area contributed by atoms with Crippen LogP contribution < -0.4 is 10.6 Å². The lowest BCUT2D eigenvalue weighted by Crippen LogP contribution is -2.38. The summed E-state index contributed by atoms with van der Waals surface area (Å²) in [4.78, 5) is 23.8. The highest BCUT2D eigenvalue weighted by Crippen LogP contribution is 2.37. The molecule has 1 aliphatic rings. The summed E-state index contributed by atoms with van der Waals surface area (Å²) in [5.74, 6) is -1.43. The Morgan fingerprint density at radius 1 is 1.00 bits per heavy atom. The van der Waals surface area contributed by atoms with Crippen molar-refractivity contribution in [1.29, 1.82) is 0 Å². The van der Waals surface area contributed by atoms with Gasteiger partial charge in [-0.15, -0.1) is 0 Å². The second kappa shape index (κ2) is 10.1. The Morgan fingerprint density at radius 2 is 1.68 bits per heavy atom. The van der Waals surface area contributed by atoms with E-state index in [0.29, 0.717) is 0 Å². The molecule has 2 aromatic rings. The molecule has 0 atom stereocenters. The summed E-state index contributed by atoms with van der Waals surface area (Å²) in [7, 11) is -2.38. The fourth-order valence-electron chi connectivity index (χ4n) is 3.97. The van der Waals surface area contributed by atoms with Gasteiger partial charge in [0.2, 0.25) is 15.9 Å². The van der Waals surface area contributed by atoms with E-state index >= 15 is 0 Å². The number of nitrogens with one attached hydrogen (secondary N) is 2. The SMILES string of the molecule is CC(=O)Nc1ccc(NC(=O)c2cccc(S(=O)(=O)N(C)C3CCCCC3)c2)c(C(F)(F)F)c1. The number of hydrogen-bond acceptors (Lipinski definition) is 4. The molecule has 0 radical (unpaired) electrons. The molecule has 1 aliphatic carbocycles. The standard InChI is InChI=1S/C23H26F3N3O4S/c1-15(30)27-17-11-12-21(20(14-17)23(24,25)26)28-22(31)16-7-6-10-19(13-16)34(32,33)29(2)18-8-4-3-5-9-18/h6-7,10-14,18H,3-5,8-9H2,1-2H3,(H,27,30)(H,28,31). The van der Waals surface area contributed by atoms with E-state index in [9.17, 15) is 31.2 Å². The zero-order valence-corrected chi connectivity index (χ0v) is 19.6. The lowest BCUT2D eigenvalue weighted by Gasteiger charge is -2.30. The molecule has 0 aliphatic heterocycles. The molecular weight excluding hydrogens is 471 g/mol. The quantitative estimate of drug-likeness (QED) is 0.595. The van der Waals surface area contributed by atoms with Crippen molar-refractivity contribution in [3.05, 3.63) is 53.6 Å². The molecule has 2 aromatic carbocycles. The number of carbonyl (C=O) groups is 2. The number of sulfonamides is 1. The Balaban J connectivity index is 1.86. The van der Waals surface area contributed by atoms with Gasteiger partial charge in [0.25, 0.3) is 5.91 Å². The van der Waals surface area contributed by atoms with Gasteiger partial charge in [0.05, 0.1) is 16.1 Å². The van der Waals surface area contributed by atoms with Crippen molar-refractivity contribution in [3.63, 3.8) is 0 Å². The monoisotopic (exact) mass is 497 g/mol. The summed E-state index contributed by atoms with van der Waals surface area (Å²) in [6.45, 7) is 1.16. The van der Waals surface area contributed by atoms with Crippen molar-refractivity contribution in [2.24, 2.45) is 0 Å². The molecule has 0 bridgehead atoms. The molecule has 0 aromatic heterocycles. The zero-order valence-electron chi connectivity index (χ0n) is 18.8. The van der Waals surface area contributed by atoms with Gasteiger partial charge in [-0.1, -0.05) is 25.3 Å². The van der Waals surface area contributed by atoms with Gasteiger partial charge in [-0.05, 0) is 49.2 Å². The molecule has 34 heavy (non-hydrogen) atoms. The Labute approximate surface area is 196 Å². The van der Waals surface area contributed by atoms with Crippen LogP contribution in [0.4, 0.5) is 24.5 Å². The van der Waals surface area contributed by atoms with Crippen molar-refractivity contribution in [1.82, 2.24) is 4.31 Å². The van der Waals surface area contributed by atoms with Crippen LogP contribution in [0.5, 0.6) is 0 Å². The maximum Gasteiger partial charge on any atom is 0.418 e. The molecule has 1 saturated carbocycles. The summed E-state index contributed by atoms with van der Waals surface area (Å²) < 4.78 is 68.2. The predicted octanol–water partition coefficient (Wildman–Crippen LogP) is 4.87. The zero-order chi connectivity index (χ0) is 25.1. The highest BCUT2D eigenvalue weighted by atomic mass is 32.2. The lowest BCUT2D eigenvalue weighted by atomic mass is 9.96. The van der Waals surface area contributed by atoms with Crippen molar-refractivity contribution >= 4 is 33.2 Å². The maximum atomic E-state index is 13.6. The highest BCUT2D eigenvalue weighted by molar-refractivity contribution is 7.89. The lowest BCUT2D eigenvalue weighted by molar-refractivity contribution is -0.137. The van der Waals surface area contributed by atoms with Crippen LogP contribution >= 0.6 is 0 Å². The fourth-order valence-corrected chi connectivity index (χ4v) is 5.43. The van der Waals surface area contributed by atoms with E-state index in [4.69, 9.17) is 0 Å². The largest absolute Gasteiger partial charge is 0.418 e. The van der Waals surface area contributed by atoms with Crippen LogP contribution in [0.25, 0.3) is 0 Å². The van der Waals surface area contributed by atoms with Crippen LogP contribution in [-0.2, 0) is 21.0 Å². The average Bonchev–Trinajstić information content (AvgIpc) is 2.79. The number of alkyl halides is 3. The molecule has 7 nitrogen and oxygen atoms in total. The number of carbonyl (C=O) groups excluding carboxylic acids is 2. The topological polar surface area (TPSA) is 95.6 Å². The number of benzene rings is 2. The third-order valence-electron chi connectivity index (χ3n) is 5.76. The molecule has 184 valence electrons. The third-order valence-corrected chi connectivity index (χ3v) is 7.66. The first-order valence-electron chi connectivity index (χ1n) is 10.8. The highest BCUT2D eigenvalue weighted by Gasteiger charge is 2.35. The minimum atomic E-state index is -4.80. The normalized spacial score (nSPS) is 15.2. The van der Waals surface area contributed by atoms with E-state index in [2.05, 4.69) is 10.6 Å². The summed E-state index contributed by atoms with van der Waals surface area (Å²) in [6.07, 6.45) is -0.351. The van der Waals surface area contributed by atoms with Crippen molar-refractivity contribution < 1.29 is 31.2 Å². The number of halogens is 3. The first-order valence-corrected chi connectivity index (χ1v) is 12.2. The van der Waals surface area contributed by atoms with Crippen LogP contribution in [0.3, 0.4) is 0 Å². The average molecular weight is 498 g/mol. The van der Waals surface area contributed by atoms with E-state index < -0.39 is 39.3 Å². The van der Waals surface area contributed by atoms with E-state index in [-0.39, 0.29) is 22.2 Å². The molecule has 0 spiro atoms. The van der Waals surface area contributed by atoms with Crippen LogP contribution in [0, 0.1) is 0 Å². The minimum absolute atomic E-state index is 0.0725. The molecule has 0 heterocycles. The van der Waals surface area contributed by atoms with Crippen molar-refractivity contribution in [2.45, 2.75) is 56.1 Å². The first kappa shape index (κ1) is 25.7.